The highest BCUT2D eigenvalue weighted by atomic mass is 16.1. The molecule has 1 unspecified atom stereocenters. The third-order valence-corrected chi connectivity index (χ3v) is 4.65. The first-order chi connectivity index (χ1) is 13.3. The molecule has 0 amide bonds. The van der Waals surface area contributed by atoms with Gasteiger partial charge in [0.2, 0.25) is 0 Å². The van der Waals surface area contributed by atoms with Crippen LogP contribution in [0.25, 0.3) is 11.0 Å². The molecule has 1 atom stereocenters. The zero-order valence-electron chi connectivity index (χ0n) is 17.0. The van der Waals surface area contributed by atoms with Gasteiger partial charge in [-0.2, -0.15) is 0 Å². The number of benzene rings is 1. The van der Waals surface area contributed by atoms with E-state index in [0.29, 0.717) is 29.9 Å². The van der Waals surface area contributed by atoms with Gasteiger partial charge in [0.1, 0.15) is 5.82 Å². The van der Waals surface area contributed by atoms with Crippen LogP contribution in [0.3, 0.4) is 0 Å². The molecule has 0 aliphatic rings. The van der Waals surface area contributed by atoms with E-state index in [1.165, 1.54) is 0 Å². The second kappa shape index (κ2) is 8.20. The number of fused-ring (bicyclic) bond motifs is 1. The average Bonchev–Trinajstić information content (AvgIpc) is 2.64. The Balaban J connectivity index is 2.14. The maximum Gasteiger partial charge on any atom is 0.280 e. The van der Waals surface area contributed by atoms with Gasteiger partial charge in [0.25, 0.3) is 5.56 Å². The molecule has 0 fully saturated rings. The highest BCUT2D eigenvalue weighted by molar-refractivity contribution is 5.72. The Morgan fingerprint density at radius 2 is 1.86 bits per heavy atom. The smallest absolute Gasteiger partial charge is 0.280 e. The van der Waals surface area contributed by atoms with Crippen molar-refractivity contribution in [1.82, 2.24) is 19.9 Å². The summed E-state index contributed by atoms with van der Waals surface area (Å²) in [7, 11) is 0. The number of nitrogens with two attached hydrogens (primary N) is 1. The van der Waals surface area contributed by atoms with E-state index < -0.39 is 0 Å². The van der Waals surface area contributed by atoms with Crippen molar-refractivity contribution in [1.29, 1.82) is 0 Å². The maximum atomic E-state index is 13.3. The van der Waals surface area contributed by atoms with Crippen molar-refractivity contribution in [3.05, 3.63) is 70.4 Å². The van der Waals surface area contributed by atoms with Crippen LogP contribution < -0.4 is 16.6 Å². The molecular weight excluding hydrogens is 350 g/mol. The van der Waals surface area contributed by atoms with E-state index in [0.717, 1.165) is 5.56 Å². The topological polar surface area (TPSA) is 85.8 Å². The van der Waals surface area contributed by atoms with E-state index in [1.54, 1.807) is 16.8 Å². The number of pyridine rings is 1. The van der Waals surface area contributed by atoms with Crippen LogP contribution in [-0.4, -0.2) is 26.6 Å². The molecule has 0 aliphatic carbocycles. The lowest BCUT2D eigenvalue weighted by molar-refractivity contribution is 0.341. The van der Waals surface area contributed by atoms with E-state index in [1.807, 2.05) is 50.2 Å². The predicted molar refractivity (Wildman–Crippen MR) is 113 cm³/mol. The normalized spacial score (nSPS) is 13.2. The lowest BCUT2D eigenvalue weighted by Gasteiger charge is -2.29. The van der Waals surface area contributed by atoms with Gasteiger partial charge in [0.15, 0.2) is 5.52 Å². The van der Waals surface area contributed by atoms with E-state index in [4.69, 9.17) is 10.7 Å². The number of nitrogens with one attached hydrogen (secondary N) is 1. The SMILES string of the molecule is CC(C)C(NCC(C)(C)N)c1nc2cccnc2c(=O)n1Cc1ccccc1. The monoisotopic (exact) mass is 379 g/mol. The minimum Gasteiger partial charge on any atom is -0.324 e. The fourth-order valence-corrected chi connectivity index (χ4v) is 3.22. The van der Waals surface area contributed by atoms with Gasteiger partial charge in [-0.15, -0.1) is 0 Å². The number of aromatic nitrogens is 3. The van der Waals surface area contributed by atoms with E-state index in [2.05, 4.69) is 24.1 Å². The molecule has 0 saturated carbocycles. The second-order valence-electron chi connectivity index (χ2n) is 8.31. The summed E-state index contributed by atoms with van der Waals surface area (Å²) in [5.41, 5.74) is 7.75. The van der Waals surface area contributed by atoms with E-state index in [-0.39, 0.29) is 23.1 Å². The van der Waals surface area contributed by atoms with Gasteiger partial charge in [0, 0.05) is 18.3 Å². The molecule has 1 aromatic carbocycles. The Kier molecular flexibility index (Phi) is 5.91. The van der Waals surface area contributed by atoms with E-state index >= 15 is 0 Å². The minimum absolute atomic E-state index is 0.108. The molecule has 2 aromatic heterocycles. The molecule has 0 saturated heterocycles. The summed E-state index contributed by atoms with van der Waals surface area (Å²) in [5.74, 6) is 0.944. The first-order valence-corrected chi connectivity index (χ1v) is 9.68. The van der Waals surface area contributed by atoms with Crippen molar-refractivity contribution in [2.75, 3.05) is 6.54 Å². The summed E-state index contributed by atoms with van der Waals surface area (Å²) in [5, 5.41) is 3.53. The van der Waals surface area contributed by atoms with Gasteiger partial charge in [-0.05, 0) is 37.5 Å². The summed E-state index contributed by atoms with van der Waals surface area (Å²) in [6.07, 6.45) is 1.63. The molecule has 3 aromatic rings. The minimum atomic E-state index is -0.365. The molecule has 148 valence electrons. The van der Waals surface area contributed by atoms with Crippen LogP contribution in [-0.2, 0) is 6.54 Å². The summed E-state index contributed by atoms with van der Waals surface area (Å²) >= 11 is 0. The van der Waals surface area contributed by atoms with Crippen molar-refractivity contribution in [2.45, 2.75) is 45.8 Å². The second-order valence-corrected chi connectivity index (χ2v) is 8.31. The van der Waals surface area contributed by atoms with Crippen LogP contribution in [0.4, 0.5) is 0 Å². The fourth-order valence-electron chi connectivity index (χ4n) is 3.22. The Morgan fingerprint density at radius 1 is 1.14 bits per heavy atom. The summed E-state index contributed by atoms with van der Waals surface area (Å²) in [6.45, 7) is 9.26. The quantitative estimate of drug-likeness (QED) is 0.659. The fraction of sp³-hybridized carbons (Fsp3) is 0.409. The summed E-state index contributed by atoms with van der Waals surface area (Å²) in [6, 6.07) is 13.5. The number of rotatable bonds is 7. The lowest BCUT2D eigenvalue weighted by Crippen LogP contribution is -2.46. The summed E-state index contributed by atoms with van der Waals surface area (Å²) in [4.78, 5) is 22.4. The molecule has 2 heterocycles. The highest BCUT2D eigenvalue weighted by Gasteiger charge is 2.25. The first kappa shape index (κ1) is 20.2. The van der Waals surface area contributed by atoms with Crippen LogP contribution in [0.15, 0.2) is 53.5 Å². The third-order valence-electron chi connectivity index (χ3n) is 4.65. The van der Waals surface area contributed by atoms with Crippen LogP contribution in [0.2, 0.25) is 0 Å². The van der Waals surface area contributed by atoms with Gasteiger partial charge in [-0.25, -0.2) is 9.97 Å². The molecular formula is C22H29N5O. The maximum absolute atomic E-state index is 13.3. The standard InChI is InChI=1S/C22H29N5O/c1-15(2)18(25-14-22(3,4)23)20-26-17-11-8-12-24-19(17)21(28)27(20)13-16-9-6-5-7-10-16/h5-12,15,18,25H,13-14,23H2,1-4H3. The van der Waals surface area contributed by atoms with Crippen molar-refractivity contribution >= 4 is 11.0 Å². The number of hydrogen-bond acceptors (Lipinski definition) is 5. The van der Waals surface area contributed by atoms with Crippen molar-refractivity contribution in [2.24, 2.45) is 11.7 Å². The predicted octanol–water partition coefficient (Wildman–Crippen LogP) is 2.86. The molecule has 0 bridgehead atoms. The van der Waals surface area contributed by atoms with Crippen molar-refractivity contribution in [3.8, 4) is 0 Å². The first-order valence-electron chi connectivity index (χ1n) is 9.68. The van der Waals surface area contributed by atoms with Gasteiger partial charge in [0.05, 0.1) is 18.1 Å². The zero-order valence-corrected chi connectivity index (χ0v) is 17.0. The van der Waals surface area contributed by atoms with Gasteiger partial charge in [-0.3, -0.25) is 9.36 Å². The van der Waals surface area contributed by atoms with Gasteiger partial charge >= 0.3 is 0 Å². The Morgan fingerprint density at radius 3 is 2.50 bits per heavy atom. The van der Waals surface area contributed by atoms with Crippen LogP contribution >= 0.6 is 0 Å². The average molecular weight is 380 g/mol. The number of nitrogens with zero attached hydrogens (tertiary/aromatic N) is 3. The third kappa shape index (κ3) is 4.64. The van der Waals surface area contributed by atoms with Gasteiger partial charge in [-0.1, -0.05) is 44.2 Å². The molecule has 3 N–H and O–H groups in total. The Hall–Kier alpha value is -2.57. The zero-order chi connectivity index (χ0) is 20.3. The highest BCUT2D eigenvalue weighted by Crippen LogP contribution is 2.22. The van der Waals surface area contributed by atoms with Gasteiger partial charge < -0.3 is 11.1 Å². The molecule has 28 heavy (non-hydrogen) atoms. The molecule has 6 nitrogen and oxygen atoms in total. The number of hydrogen-bond donors (Lipinski definition) is 2. The Bertz CT molecular complexity index is 989. The summed E-state index contributed by atoms with van der Waals surface area (Å²) < 4.78 is 1.74. The van der Waals surface area contributed by atoms with E-state index in [9.17, 15) is 4.79 Å². The molecule has 6 heteroatoms. The van der Waals surface area contributed by atoms with Crippen molar-refractivity contribution in [3.63, 3.8) is 0 Å². The molecule has 0 radical (unpaired) electrons. The van der Waals surface area contributed by atoms with Crippen LogP contribution in [0.1, 0.15) is 45.1 Å². The van der Waals surface area contributed by atoms with Crippen molar-refractivity contribution < 1.29 is 0 Å². The molecule has 0 aliphatic heterocycles. The van der Waals surface area contributed by atoms with Crippen LogP contribution in [0.5, 0.6) is 0 Å². The lowest BCUT2D eigenvalue weighted by atomic mass is 10.00. The van der Waals surface area contributed by atoms with Crippen LogP contribution in [0, 0.1) is 5.92 Å². The molecule has 3 rings (SSSR count). The largest absolute Gasteiger partial charge is 0.324 e. The molecule has 0 spiro atoms. The Labute approximate surface area is 165 Å².